The molecule has 1 heterocycles. The monoisotopic (exact) mass is 448 g/mol. The van der Waals surface area contributed by atoms with Crippen LogP contribution in [0.3, 0.4) is 0 Å². The molecule has 0 bridgehead atoms. The predicted octanol–water partition coefficient (Wildman–Crippen LogP) is 3.82. The summed E-state index contributed by atoms with van der Waals surface area (Å²) >= 11 is 0.878. The predicted molar refractivity (Wildman–Crippen MR) is 123 cm³/mol. The van der Waals surface area contributed by atoms with E-state index in [-0.39, 0.29) is 30.9 Å². The normalized spacial score (nSPS) is 14.9. The minimum atomic E-state index is -0.581. The smallest absolute Gasteiger partial charge is 0.293 e. The fourth-order valence-corrected chi connectivity index (χ4v) is 4.13. The molecule has 0 unspecified atom stereocenters. The van der Waals surface area contributed by atoms with E-state index in [0.717, 1.165) is 22.5 Å². The highest BCUT2D eigenvalue weighted by Crippen LogP contribution is 2.33. The van der Waals surface area contributed by atoms with Gasteiger partial charge in [0.05, 0.1) is 11.4 Å². The maximum Gasteiger partial charge on any atom is 0.293 e. The Morgan fingerprint density at radius 2 is 1.78 bits per heavy atom. The summed E-state index contributed by atoms with van der Waals surface area (Å²) in [6.45, 7) is 0.0967. The van der Waals surface area contributed by atoms with Crippen LogP contribution in [-0.2, 0) is 9.59 Å². The van der Waals surface area contributed by atoms with Crippen molar-refractivity contribution in [2.75, 3.05) is 19.8 Å². The molecule has 3 aromatic carbocycles. The van der Waals surface area contributed by atoms with Gasteiger partial charge in [0.1, 0.15) is 18.1 Å². The van der Waals surface area contributed by atoms with Gasteiger partial charge in [-0.1, -0.05) is 48.5 Å². The Hall–Kier alpha value is -3.78. The zero-order valence-corrected chi connectivity index (χ0v) is 17.8. The summed E-state index contributed by atoms with van der Waals surface area (Å²) in [5.74, 6) is 0.200. The van der Waals surface area contributed by atoms with Crippen molar-refractivity contribution in [3.63, 3.8) is 0 Å². The van der Waals surface area contributed by atoms with Crippen LogP contribution in [0, 0.1) is 0 Å². The molecule has 3 aromatic rings. The van der Waals surface area contributed by atoms with Gasteiger partial charge in [-0.2, -0.15) is 0 Å². The molecule has 0 saturated carbocycles. The number of fused-ring (bicyclic) bond motifs is 1. The highest BCUT2D eigenvalue weighted by molar-refractivity contribution is 8.18. The van der Waals surface area contributed by atoms with Gasteiger partial charge in [-0.25, -0.2) is 0 Å². The molecule has 0 aromatic heterocycles. The number of amides is 3. The van der Waals surface area contributed by atoms with E-state index in [4.69, 9.17) is 15.2 Å². The summed E-state index contributed by atoms with van der Waals surface area (Å²) in [6.07, 6.45) is 1.62. The summed E-state index contributed by atoms with van der Waals surface area (Å²) in [5, 5.41) is 1.69. The average Bonchev–Trinajstić information content (AvgIpc) is 3.05. The Balaban J connectivity index is 1.40. The van der Waals surface area contributed by atoms with Gasteiger partial charge >= 0.3 is 0 Å². The molecule has 1 aliphatic rings. The first-order chi connectivity index (χ1) is 15.5. The maximum atomic E-state index is 12.7. The fourth-order valence-electron chi connectivity index (χ4n) is 3.26. The largest absolute Gasteiger partial charge is 0.491 e. The Kier molecular flexibility index (Phi) is 6.42. The minimum Gasteiger partial charge on any atom is -0.491 e. The van der Waals surface area contributed by atoms with Crippen molar-refractivity contribution in [2.24, 2.45) is 5.73 Å². The van der Waals surface area contributed by atoms with Crippen molar-refractivity contribution < 1.29 is 23.9 Å². The third kappa shape index (κ3) is 4.92. The third-order valence-electron chi connectivity index (χ3n) is 4.73. The zero-order chi connectivity index (χ0) is 22.5. The highest BCUT2D eigenvalue weighted by Gasteiger charge is 2.34. The van der Waals surface area contributed by atoms with Crippen molar-refractivity contribution in [3.05, 3.63) is 77.2 Å². The van der Waals surface area contributed by atoms with Crippen molar-refractivity contribution in [3.8, 4) is 11.5 Å². The van der Waals surface area contributed by atoms with E-state index in [0.29, 0.717) is 22.0 Å². The molecule has 7 nitrogen and oxygen atoms in total. The van der Waals surface area contributed by atoms with Gasteiger partial charge in [0, 0.05) is 5.39 Å². The number of carbonyl (C=O) groups excluding carboxylic acids is 3. The van der Waals surface area contributed by atoms with Crippen LogP contribution in [0.1, 0.15) is 5.56 Å². The number of thioether (sulfide) groups is 1. The summed E-state index contributed by atoms with van der Waals surface area (Å²) in [6, 6.07) is 20.5. The van der Waals surface area contributed by atoms with E-state index in [1.165, 1.54) is 4.90 Å². The lowest BCUT2D eigenvalue weighted by molar-refractivity contribution is -0.123. The van der Waals surface area contributed by atoms with E-state index in [2.05, 4.69) is 0 Å². The molecule has 1 fully saturated rings. The van der Waals surface area contributed by atoms with E-state index >= 15 is 0 Å². The number of primary amides is 1. The summed E-state index contributed by atoms with van der Waals surface area (Å²) < 4.78 is 11.1. The molecular formula is C24H20N2O5S. The Bertz CT molecular complexity index is 1220. The molecule has 32 heavy (non-hydrogen) atoms. The Morgan fingerprint density at radius 3 is 2.62 bits per heavy atom. The number of rotatable bonds is 8. The van der Waals surface area contributed by atoms with Crippen LogP contribution in [0.25, 0.3) is 16.8 Å². The first-order valence-corrected chi connectivity index (χ1v) is 10.7. The van der Waals surface area contributed by atoms with Gasteiger partial charge in [0.15, 0.2) is 6.61 Å². The number of hydrogen-bond donors (Lipinski definition) is 1. The Morgan fingerprint density at radius 1 is 1.00 bits per heavy atom. The number of ether oxygens (including phenoxy) is 2. The SMILES string of the molecule is NC(=O)COc1cccc(/C=C2\SC(=O)N(CCOc3cccc4ccccc34)C2=O)c1. The van der Waals surface area contributed by atoms with Crippen LogP contribution < -0.4 is 15.2 Å². The minimum absolute atomic E-state index is 0.146. The number of imide groups is 1. The van der Waals surface area contributed by atoms with Crippen LogP contribution in [0.4, 0.5) is 4.79 Å². The number of benzene rings is 3. The quantitative estimate of drug-likeness (QED) is 0.526. The molecule has 8 heteroatoms. The van der Waals surface area contributed by atoms with Gasteiger partial charge in [0.2, 0.25) is 0 Å². The number of nitrogens with zero attached hydrogens (tertiary/aromatic N) is 1. The molecule has 1 aliphatic heterocycles. The summed E-state index contributed by atoms with van der Waals surface area (Å²) in [4.78, 5) is 37.5. The van der Waals surface area contributed by atoms with E-state index < -0.39 is 5.91 Å². The molecular weight excluding hydrogens is 428 g/mol. The van der Waals surface area contributed by atoms with E-state index in [1.807, 2.05) is 42.5 Å². The second-order valence-corrected chi connectivity index (χ2v) is 7.98. The maximum absolute atomic E-state index is 12.7. The van der Waals surface area contributed by atoms with Gasteiger partial charge in [0.25, 0.3) is 17.1 Å². The topological polar surface area (TPSA) is 98.9 Å². The van der Waals surface area contributed by atoms with E-state index in [1.54, 1.807) is 30.3 Å². The summed E-state index contributed by atoms with van der Waals surface area (Å²) in [5.41, 5.74) is 5.76. The third-order valence-corrected chi connectivity index (χ3v) is 5.64. The average molecular weight is 449 g/mol. The van der Waals surface area contributed by atoms with Crippen molar-refractivity contribution >= 4 is 45.7 Å². The van der Waals surface area contributed by atoms with E-state index in [9.17, 15) is 14.4 Å². The second-order valence-electron chi connectivity index (χ2n) is 6.99. The van der Waals surface area contributed by atoms with Crippen LogP contribution in [0.15, 0.2) is 71.6 Å². The van der Waals surface area contributed by atoms with Crippen LogP contribution in [0.5, 0.6) is 11.5 Å². The van der Waals surface area contributed by atoms with Crippen molar-refractivity contribution in [1.82, 2.24) is 4.90 Å². The molecule has 0 spiro atoms. The van der Waals surface area contributed by atoms with Crippen LogP contribution >= 0.6 is 11.8 Å². The van der Waals surface area contributed by atoms with Gasteiger partial charge in [-0.3, -0.25) is 19.3 Å². The van der Waals surface area contributed by atoms with Crippen LogP contribution in [-0.4, -0.2) is 41.7 Å². The van der Waals surface area contributed by atoms with Gasteiger partial charge in [-0.15, -0.1) is 0 Å². The van der Waals surface area contributed by atoms with Crippen molar-refractivity contribution in [1.29, 1.82) is 0 Å². The lowest BCUT2D eigenvalue weighted by Crippen LogP contribution is -2.32. The lowest BCUT2D eigenvalue weighted by Gasteiger charge is -2.14. The zero-order valence-electron chi connectivity index (χ0n) is 17.0. The summed E-state index contributed by atoms with van der Waals surface area (Å²) in [7, 11) is 0. The first kappa shape index (κ1) is 21.5. The van der Waals surface area contributed by atoms with Gasteiger partial charge < -0.3 is 15.2 Å². The molecule has 162 valence electrons. The molecule has 2 N–H and O–H groups in total. The molecule has 1 saturated heterocycles. The molecule has 3 amide bonds. The standard InChI is InChI=1S/C24H20N2O5S/c25-22(27)15-31-18-8-3-5-16(13-18)14-21-23(28)26(24(29)32-21)11-12-30-20-10-4-7-17-6-1-2-9-19(17)20/h1-10,13-14H,11-12,15H2,(H2,25,27)/b21-14-. The van der Waals surface area contributed by atoms with Gasteiger partial charge in [-0.05, 0) is 47.0 Å². The second kappa shape index (κ2) is 9.57. The fraction of sp³-hybridized carbons (Fsp3) is 0.125. The molecule has 4 rings (SSSR count). The number of hydrogen-bond acceptors (Lipinski definition) is 6. The lowest BCUT2D eigenvalue weighted by atomic mass is 10.1. The highest BCUT2D eigenvalue weighted by atomic mass is 32.2. The number of nitrogens with two attached hydrogens (primary N) is 1. The molecule has 0 atom stereocenters. The Labute approximate surface area is 188 Å². The van der Waals surface area contributed by atoms with Crippen molar-refractivity contribution in [2.45, 2.75) is 0 Å². The molecule has 0 radical (unpaired) electrons. The van der Waals surface area contributed by atoms with Crippen LogP contribution in [0.2, 0.25) is 0 Å². The number of carbonyl (C=O) groups is 3. The molecule has 0 aliphatic carbocycles. The first-order valence-electron chi connectivity index (χ1n) is 9.88.